The maximum Gasteiger partial charge on any atom is 0.243 e. The van der Waals surface area contributed by atoms with Gasteiger partial charge in [-0.15, -0.1) is 0 Å². The van der Waals surface area contributed by atoms with Crippen molar-refractivity contribution < 1.29 is 13.2 Å². The van der Waals surface area contributed by atoms with E-state index < -0.39 is 10.0 Å². The van der Waals surface area contributed by atoms with Crippen molar-refractivity contribution in [2.45, 2.75) is 50.3 Å². The monoisotopic (exact) mass is 384 g/mol. The summed E-state index contributed by atoms with van der Waals surface area (Å²) in [6.07, 6.45) is 6.26. The van der Waals surface area contributed by atoms with Crippen molar-refractivity contribution in [1.82, 2.24) is 4.31 Å². The molecule has 1 fully saturated rings. The third-order valence-electron chi connectivity index (χ3n) is 4.22. The average molecular weight is 385 g/mol. The van der Waals surface area contributed by atoms with Crippen LogP contribution in [0.15, 0.2) is 29.2 Å². The van der Waals surface area contributed by atoms with Crippen LogP contribution in [0, 0.1) is 0 Å². The van der Waals surface area contributed by atoms with Gasteiger partial charge in [-0.2, -0.15) is 16.1 Å². The van der Waals surface area contributed by atoms with Crippen molar-refractivity contribution in [2.24, 2.45) is 0 Å². The number of hydrogen-bond donors (Lipinski definition) is 1. The lowest BCUT2D eigenvalue weighted by molar-refractivity contribution is -0.113. The molecule has 1 aliphatic rings. The van der Waals surface area contributed by atoms with E-state index in [2.05, 4.69) is 12.2 Å². The molecule has 2 rings (SSSR count). The summed E-state index contributed by atoms with van der Waals surface area (Å²) in [5, 5.41) is 2.82. The number of rotatable bonds is 8. The summed E-state index contributed by atoms with van der Waals surface area (Å²) < 4.78 is 27.0. The zero-order chi connectivity index (χ0) is 18.1. The van der Waals surface area contributed by atoms with E-state index in [0.29, 0.717) is 29.4 Å². The first-order valence-corrected chi connectivity index (χ1v) is 11.6. The minimum Gasteiger partial charge on any atom is -0.325 e. The van der Waals surface area contributed by atoms with Crippen molar-refractivity contribution >= 4 is 33.4 Å². The molecule has 25 heavy (non-hydrogen) atoms. The Morgan fingerprint density at radius 2 is 1.76 bits per heavy atom. The molecule has 0 aromatic heterocycles. The summed E-state index contributed by atoms with van der Waals surface area (Å²) in [7, 11) is -3.43. The van der Waals surface area contributed by atoms with Crippen LogP contribution in [0.3, 0.4) is 0 Å². The largest absolute Gasteiger partial charge is 0.325 e. The minimum atomic E-state index is -3.43. The number of thioether (sulfide) groups is 1. The van der Waals surface area contributed by atoms with Gasteiger partial charge in [0, 0.05) is 18.8 Å². The van der Waals surface area contributed by atoms with E-state index >= 15 is 0 Å². The number of benzene rings is 1. The van der Waals surface area contributed by atoms with Crippen LogP contribution in [0.4, 0.5) is 5.69 Å². The number of hydrogen-bond acceptors (Lipinski definition) is 4. The first-order chi connectivity index (χ1) is 12.0. The molecule has 5 nitrogen and oxygen atoms in total. The van der Waals surface area contributed by atoms with Crippen LogP contribution in [0.25, 0.3) is 0 Å². The molecule has 0 unspecified atom stereocenters. The van der Waals surface area contributed by atoms with E-state index in [-0.39, 0.29) is 5.91 Å². The van der Waals surface area contributed by atoms with Crippen LogP contribution in [-0.4, -0.2) is 43.2 Å². The first kappa shape index (κ1) is 20.3. The summed E-state index contributed by atoms with van der Waals surface area (Å²) in [5.74, 6) is 1.36. The summed E-state index contributed by atoms with van der Waals surface area (Å²) >= 11 is 1.62. The molecular weight excluding hydrogens is 356 g/mol. The van der Waals surface area contributed by atoms with E-state index in [1.807, 2.05) is 0 Å². The van der Waals surface area contributed by atoms with Crippen LogP contribution in [-0.2, 0) is 14.8 Å². The maximum atomic E-state index is 12.7. The Hall–Kier alpha value is -1.05. The quantitative estimate of drug-likeness (QED) is 0.694. The van der Waals surface area contributed by atoms with Gasteiger partial charge in [0.05, 0.1) is 10.6 Å². The fourth-order valence-corrected chi connectivity index (χ4v) is 5.16. The van der Waals surface area contributed by atoms with Crippen molar-refractivity contribution in [2.75, 3.05) is 29.9 Å². The van der Waals surface area contributed by atoms with E-state index in [9.17, 15) is 13.2 Å². The normalized spacial score (nSPS) is 16.4. The van der Waals surface area contributed by atoms with Crippen molar-refractivity contribution in [3.05, 3.63) is 24.3 Å². The van der Waals surface area contributed by atoms with Crippen LogP contribution in [0.1, 0.15) is 45.4 Å². The van der Waals surface area contributed by atoms with Gasteiger partial charge in [-0.05, 0) is 49.3 Å². The van der Waals surface area contributed by atoms with Crippen LogP contribution in [0.2, 0.25) is 0 Å². The lowest BCUT2D eigenvalue weighted by Crippen LogP contribution is -2.31. The molecule has 1 N–H and O–H groups in total. The van der Waals surface area contributed by atoms with Crippen molar-refractivity contribution in [3.8, 4) is 0 Å². The summed E-state index contributed by atoms with van der Waals surface area (Å²) in [4.78, 5) is 12.2. The average Bonchev–Trinajstić information content (AvgIpc) is 2.89. The molecule has 1 saturated heterocycles. The molecule has 7 heteroatoms. The fourth-order valence-electron chi connectivity index (χ4n) is 2.75. The van der Waals surface area contributed by atoms with Crippen molar-refractivity contribution in [1.29, 1.82) is 0 Å². The number of anilines is 1. The van der Waals surface area contributed by atoms with Crippen LogP contribution in [0.5, 0.6) is 0 Å². The molecule has 0 bridgehead atoms. The predicted molar refractivity (Wildman–Crippen MR) is 105 cm³/mol. The van der Waals surface area contributed by atoms with Crippen molar-refractivity contribution in [3.63, 3.8) is 0 Å². The molecule has 140 valence electrons. The fraction of sp³-hybridized carbons (Fsp3) is 0.611. The smallest absolute Gasteiger partial charge is 0.243 e. The van der Waals surface area contributed by atoms with Gasteiger partial charge in [-0.1, -0.05) is 26.2 Å². The predicted octanol–water partition coefficient (Wildman–Crippen LogP) is 3.72. The molecule has 0 spiro atoms. The number of nitrogens with zero attached hydrogens (tertiary/aromatic N) is 1. The second-order valence-electron chi connectivity index (χ2n) is 6.30. The third-order valence-corrected chi connectivity index (χ3v) is 7.17. The Morgan fingerprint density at radius 3 is 2.36 bits per heavy atom. The van der Waals surface area contributed by atoms with E-state index in [1.165, 1.54) is 0 Å². The Bertz CT molecular complexity index is 637. The number of carbonyl (C=O) groups is 1. The standard InChI is InChI=1S/C18H28N2O3S2/c1-2-3-14-24-15-18(21)19-16-8-10-17(11-9-16)25(22,23)20-12-6-4-5-7-13-20/h8-11H,2-7,12-15H2,1H3,(H,19,21). The van der Waals surface area contributed by atoms with E-state index in [4.69, 9.17) is 0 Å². The highest BCUT2D eigenvalue weighted by Crippen LogP contribution is 2.22. The lowest BCUT2D eigenvalue weighted by Gasteiger charge is -2.20. The zero-order valence-electron chi connectivity index (χ0n) is 14.9. The molecule has 0 radical (unpaired) electrons. The van der Waals surface area contributed by atoms with Gasteiger partial charge in [-0.25, -0.2) is 8.42 Å². The molecule has 1 amide bonds. The Labute approximate surface area is 155 Å². The summed E-state index contributed by atoms with van der Waals surface area (Å²) in [5.41, 5.74) is 0.635. The highest BCUT2D eigenvalue weighted by molar-refractivity contribution is 7.99. The van der Waals surface area contributed by atoms with Gasteiger partial charge in [0.1, 0.15) is 0 Å². The van der Waals surface area contributed by atoms with Crippen LogP contribution >= 0.6 is 11.8 Å². The minimum absolute atomic E-state index is 0.0516. The molecule has 1 aromatic carbocycles. The molecule has 1 aromatic rings. The number of nitrogens with one attached hydrogen (secondary N) is 1. The van der Waals surface area contributed by atoms with Gasteiger partial charge in [0.25, 0.3) is 0 Å². The van der Waals surface area contributed by atoms with Gasteiger partial charge < -0.3 is 5.32 Å². The highest BCUT2D eigenvalue weighted by atomic mass is 32.2. The second kappa shape index (κ2) is 10.2. The zero-order valence-corrected chi connectivity index (χ0v) is 16.5. The molecule has 0 atom stereocenters. The SMILES string of the molecule is CCCCSCC(=O)Nc1ccc(S(=O)(=O)N2CCCCCC2)cc1. The molecule has 0 saturated carbocycles. The Morgan fingerprint density at radius 1 is 1.12 bits per heavy atom. The summed E-state index contributed by atoms with van der Waals surface area (Å²) in [6.45, 7) is 3.31. The summed E-state index contributed by atoms with van der Waals surface area (Å²) in [6, 6.07) is 6.50. The topological polar surface area (TPSA) is 66.5 Å². The van der Waals surface area contributed by atoms with Gasteiger partial charge in [0.15, 0.2) is 0 Å². The Kier molecular flexibility index (Phi) is 8.26. The third kappa shape index (κ3) is 6.31. The highest BCUT2D eigenvalue weighted by Gasteiger charge is 2.24. The van der Waals surface area contributed by atoms with E-state index in [0.717, 1.165) is 44.3 Å². The number of carbonyl (C=O) groups excluding carboxylic acids is 1. The number of sulfonamides is 1. The van der Waals surface area contributed by atoms with Gasteiger partial charge in [0.2, 0.25) is 15.9 Å². The number of unbranched alkanes of at least 4 members (excludes halogenated alkanes) is 1. The van der Waals surface area contributed by atoms with Crippen LogP contribution < -0.4 is 5.32 Å². The molecule has 1 aliphatic heterocycles. The maximum absolute atomic E-state index is 12.7. The first-order valence-electron chi connectivity index (χ1n) is 9.02. The molecular formula is C18H28N2O3S2. The lowest BCUT2D eigenvalue weighted by atomic mass is 10.2. The van der Waals surface area contributed by atoms with Gasteiger partial charge >= 0.3 is 0 Å². The molecule has 0 aliphatic carbocycles. The molecule has 1 heterocycles. The second-order valence-corrected chi connectivity index (χ2v) is 9.34. The Balaban J connectivity index is 1.93. The number of amides is 1. The van der Waals surface area contributed by atoms with E-state index in [1.54, 1.807) is 40.3 Å². The van der Waals surface area contributed by atoms with Gasteiger partial charge in [-0.3, -0.25) is 4.79 Å².